The topological polar surface area (TPSA) is 61.7 Å². The summed E-state index contributed by atoms with van der Waals surface area (Å²) in [6.45, 7) is 0.865. The molecule has 4 nitrogen and oxygen atoms in total. The minimum absolute atomic E-state index is 0.287. The zero-order chi connectivity index (χ0) is 12.4. The van der Waals surface area contributed by atoms with Crippen molar-refractivity contribution in [2.75, 3.05) is 6.61 Å². The first-order chi connectivity index (χ1) is 8.85. The molecule has 92 valence electrons. The van der Waals surface area contributed by atoms with E-state index in [1.54, 1.807) is 6.07 Å². The van der Waals surface area contributed by atoms with Gasteiger partial charge in [-0.15, -0.1) is 0 Å². The Hall–Kier alpha value is -1.86. The average Bonchev–Trinajstić information content (AvgIpc) is 2.80. The molecule has 4 heteroatoms. The first kappa shape index (κ1) is 11.2. The van der Waals surface area contributed by atoms with Crippen LogP contribution >= 0.6 is 0 Å². The second-order valence-corrected chi connectivity index (χ2v) is 4.72. The predicted octanol–water partition coefficient (Wildman–Crippen LogP) is 2.55. The third-order valence-electron chi connectivity index (χ3n) is 3.36. The third kappa shape index (κ3) is 2.22. The SMILES string of the molecule is N#Cc1ccc2nc(CC3CCCCO3)[nH]c2c1. The molecule has 1 saturated heterocycles. The molecule has 1 aromatic carbocycles. The van der Waals surface area contributed by atoms with Gasteiger partial charge in [-0.05, 0) is 37.5 Å². The van der Waals surface area contributed by atoms with Crippen molar-refractivity contribution in [3.8, 4) is 6.07 Å². The molecule has 0 spiro atoms. The highest BCUT2D eigenvalue weighted by atomic mass is 16.5. The van der Waals surface area contributed by atoms with Gasteiger partial charge in [-0.3, -0.25) is 0 Å². The number of H-pyrrole nitrogens is 1. The Kier molecular flexibility index (Phi) is 2.99. The molecule has 0 saturated carbocycles. The highest BCUT2D eigenvalue weighted by molar-refractivity contribution is 5.76. The van der Waals surface area contributed by atoms with Crippen molar-refractivity contribution >= 4 is 11.0 Å². The molecule has 0 aliphatic carbocycles. The molecular weight excluding hydrogens is 226 g/mol. The molecular formula is C14H15N3O. The number of nitrogens with one attached hydrogen (secondary N) is 1. The highest BCUT2D eigenvalue weighted by Gasteiger charge is 2.16. The molecule has 0 radical (unpaired) electrons. The van der Waals surface area contributed by atoms with Crippen LogP contribution in [0, 0.1) is 11.3 Å². The fraction of sp³-hybridized carbons (Fsp3) is 0.429. The predicted molar refractivity (Wildman–Crippen MR) is 68.1 cm³/mol. The summed E-state index contributed by atoms with van der Waals surface area (Å²) in [6, 6.07) is 7.66. The zero-order valence-corrected chi connectivity index (χ0v) is 10.1. The first-order valence-electron chi connectivity index (χ1n) is 6.35. The lowest BCUT2D eigenvalue weighted by Crippen LogP contribution is -2.21. The molecule has 0 bridgehead atoms. The quantitative estimate of drug-likeness (QED) is 0.878. The normalized spacial score (nSPS) is 19.8. The molecule has 18 heavy (non-hydrogen) atoms. The number of benzene rings is 1. The summed E-state index contributed by atoms with van der Waals surface area (Å²) in [5, 5.41) is 8.86. The molecule has 1 aromatic heterocycles. The van der Waals surface area contributed by atoms with Crippen LogP contribution in [-0.2, 0) is 11.2 Å². The molecule has 1 atom stereocenters. The van der Waals surface area contributed by atoms with E-state index in [0.29, 0.717) is 5.56 Å². The van der Waals surface area contributed by atoms with Crippen molar-refractivity contribution < 1.29 is 4.74 Å². The van der Waals surface area contributed by atoms with Crippen LogP contribution in [0.4, 0.5) is 0 Å². The van der Waals surface area contributed by atoms with Crippen LogP contribution in [-0.4, -0.2) is 22.7 Å². The molecule has 2 aromatic rings. The van der Waals surface area contributed by atoms with E-state index in [2.05, 4.69) is 16.0 Å². The van der Waals surface area contributed by atoms with E-state index in [4.69, 9.17) is 10.00 Å². The summed E-state index contributed by atoms with van der Waals surface area (Å²) in [4.78, 5) is 7.81. The molecule has 0 amide bonds. The minimum atomic E-state index is 0.287. The Balaban J connectivity index is 1.82. The van der Waals surface area contributed by atoms with Gasteiger partial charge in [-0.2, -0.15) is 5.26 Å². The summed E-state index contributed by atoms with van der Waals surface area (Å²) in [7, 11) is 0. The maximum atomic E-state index is 8.86. The van der Waals surface area contributed by atoms with Crippen molar-refractivity contribution in [3.63, 3.8) is 0 Å². The Labute approximate surface area is 106 Å². The van der Waals surface area contributed by atoms with Crippen molar-refractivity contribution in [2.45, 2.75) is 31.8 Å². The zero-order valence-electron chi connectivity index (χ0n) is 10.1. The van der Waals surface area contributed by atoms with E-state index in [1.165, 1.54) is 12.8 Å². The first-order valence-corrected chi connectivity index (χ1v) is 6.35. The molecule has 1 unspecified atom stereocenters. The number of aromatic nitrogens is 2. The number of hydrogen-bond acceptors (Lipinski definition) is 3. The number of hydrogen-bond donors (Lipinski definition) is 1. The van der Waals surface area contributed by atoms with Gasteiger partial charge in [-0.1, -0.05) is 0 Å². The van der Waals surface area contributed by atoms with Gasteiger partial charge < -0.3 is 9.72 Å². The van der Waals surface area contributed by atoms with Crippen molar-refractivity contribution in [1.29, 1.82) is 5.26 Å². The van der Waals surface area contributed by atoms with Crippen molar-refractivity contribution in [2.24, 2.45) is 0 Å². The number of nitriles is 1. The fourth-order valence-corrected chi connectivity index (χ4v) is 2.41. The van der Waals surface area contributed by atoms with E-state index >= 15 is 0 Å². The van der Waals surface area contributed by atoms with Gasteiger partial charge >= 0.3 is 0 Å². The number of nitrogens with zero attached hydrogens (tertiary/aromatic N) is 2. The second kappa shape index (κ2) is 4.79. The lowest BCUT2D eigenvalue weighted by Gasteiger charge is -2.21. The summed E-state index contributed by atoms with van der Waals surface area (Å²) in [5.74, 6) is 0.951. The minimum Gasteiger partial charge on any atom is -0.378 e. The van der Waals surface area contributed by atoms with E-state index in [0.717, 1.165) is 36.3 Å². The number of ether oxygens (including phenoxy) is 1. The van der Waals surface area contributed by atoms with Gasteiger partial charge in [0.1, 0.15) is 5.82 Å². The molecule has 2 heterocycles. The van der Waals surface area contributed by atoms with E-state index in [-0.39, 0.29) is 6.10 Å². The van der Waals surface area contributed by atoms with Gasteiger partial charge in [0, 0.05) is 13.0 Å². The molecule has 3 rings (SSSR count). The van der Waals surface area contributed by atoms with Gasteiger partial charge in [-0.25, -0.2) is 4.98 Å². The molecule has 1 aliphatic heterocycles. The summed E-state index contributed by atoms with van der Waals surface area (Å²) in [6.07, 6.45) is 4.64. The lowest BCUT2D eigenvalue weighted by molar-refractivity contribution is 0.0158. The monoisotopic (exact) mass is 241 g/mol. The summed E-state index contributed by atoms with van der Waals surface area (Å²) in [5.41, 5.74) is 2.51. The third-order valence-corrected chi connectivity index (χ3v) is 3.36. The van der Waals surface area contributed by atoms with Crippen LogP contribution in [0.25, 0.3) is 11.0 Å². The Bertz CT molecular complexity index is 591. The Morgan fingerprint density at radius 1 is 1.44 bits per heavy atom. The average molecular weight is 241 g/mol. The van der Waals surface area contributed by atoms with Crippen molar-refractivity contribution in [1.82, 2.24) is 9.97 Å². The Morgan fingerprint density at radius 3 is 3.17 bits per heavy atom. The molecule has 1 aliphatic rings. The number of fused-ring (bicyclic) bond motifs is 1. The van der Waals surface area contributed by atoms with Crippen LogP contribution in [0.15, 0.2) is 18.2 Å². The van der Waals surface area contributed by atoms with Gasteiger partial charge in [0.2, 0.25) is 0 Å². The van der Waals surface area contributed by atoms with Crippen LogP contribution in [0.3, 0.4) is 0 Å². The smallest absolute Gasteiger partial charge is 0.109 e. The van der Waals surface area contributed by atoms with E-state index in [9.17, 15) is 0 Å². The van der Waals surface area contributed by atoms with Gasteiger partial charge in [0.25, 0.3) is 0 Å². The number of rotatable bonds is 2. The van der Waals surface area contributed by atoms with Gasteiger partial charge in [0.05, 0.1) is 28.8 Å². The lowest BCUT2D eigenvalue weighted by atomic mass is 10.1. The van der Waals surface area contributed by atoms with Crippen LogP contribution < -0.4 is 0 Å². The summed E-state index contributed by atoms with van der Waals surface area (Å²) < 4.78 is 5.71. The van der Waals surface area contributed by atoms with Crippen LogP contribution in [0.2, 0.25) is 0 Å². The number of aromatic amines is 1. The summed E-state index contributed by atoms with van der Waals surface area (Å²) >= 11 is 0. The Morgan fingerprint density at radius 2 is 2.39 bits per heavy atom. The maximum Gasteiger partial charge on any atom is 0.109 e. The fourth-order valence-electron chi connectivity index (χ4n) is 2.41. The van der Waals surface area contributed by atoms with Crippen LogP contribution in [0.1, 0.15) is 30.7 Å². The molecule has 1 N–H and O–H groups in total. The van der Waals surface area contributed by atoms with Crippen LogP contribution in [0.5, 0.6) is 0 Å². The van der Waals surface area contributed by atoms with Crippen molar-refractivity contribution in [3.05, 3.63) is 29.6 Å². The largest absolute Gasteiger partial charge is 0.378 e. The second-order valence-electron chi connectivity index (χ2n) is 4.72. The van der Waals surface area contributed by atoms with E-state index < -0.39 is 0 Å². The molecule has 1 fully saturated rings. The maximum absolute atomic E-state index is 8.86. The number of imidazole rings is 1. The van der Waals surface area contributed by atoms with E-state index in [1.807, 2.05) is 12.1 Å². The highest BCUT2D eigenvalue weighted by Crippen LogP contribution is 2.18. The van der Waals surface area contributed by atoms with Gasteiger partial charge in [0.15, 0.2) is 0 Å². The standard InChI is InChI=1S/C14H15N3O/c15-9-10-4-5-12-13(7-10)17-14(16-12)8-11-3-1-2-6-18-11/h4-5,7,11H,1-3,6,8H2,(H,16,17).